The van der Waals surface area contributed by atoms with Crippen LogP contribution in [0, 0.1) is 17.2 Å². The van der Waals surface area contributed by atoms with E-state index in [1.807, 2.05) is 0 Å². The van der Waals surface area contributed by atoms with E-state index in [0.29, 0.717) is 0 Å². The van der Waals surface area contributed by atoms with Gasteiger partial charge in [0.1, 0.15) is 0 Å². The molecule has 4 nitrogen and oxygen atoms in total. The summed E-state index contributed by atoms with van der Waals surface area (Å²) in [6.45, 7) is 2.84. The molecule has 1 atom stereocenters. The number of likely N-dealkylation sites (N-methyl/N-ethyl adjacent to an activating group) is 1. The molecule has 7 heteroatoms. The Morgan fingerprint density at radius 1 is 1.47 bits per heavy atom. The van der Waals surface area contributed by atoms with Crippen LogP contribution in [-0.4, -0.2) is 43.2 Å². The molecule has 0 saturated heterocycles. The minimum absolute atomic E-state index is 0.0646. The van der Waals surface area contributed by atoms with E-state index < -0.39 is 18.6 Å². The van der Waals surface area contributed by atoms with Crippen molar-refractivity contribution < 1.29 is 18.0 Å². The van der Waals surface area contributed by atoms with Crippen LogP contribution in [-0.2, 0) is 4.79 Å². The highest BCUT2D eigenvalue weighted by atomic mass is 19.4. The van der Waals surface area contributed by atoms with Crippen LogP contribution in [0.5, 0.6) is 0 Å². The van der Waals surface area contributed by atoms with E-state index in [-0.39, 0.29) is 18.5 Å². The fraction of sp³-hybridized carbons (Fsp3) is 0.800. The van der Waals surface area contributed by atoms with Crippen LogP contribution in [0.3, 0.4) is 0 Å². The van der Waals surface area contributed by atoms with Gasteiger partial charge in [0.05, 0.1) is 12.6 Å². The van der Waals surface area contributed by atoms with Gasteiger partial charge in [0.15, 0.2) is 5.92 Å². The first kappa shape index (κ1) is 15.7. The molecular formula is C10H16F3N3O. The predicted octanol–water partition coefficient (Wildman–Crippen LogP) is 1.14. The molecule has 98 valence electrons. The summed E-state index contributed by atoms with van der Waals surface area (Å²) in [5.41, 5.74) is 0. The summed E-state index contributed by atoms with van der Waals surface area (Å²) in [6.07, 6.45) is -4.56. The van der Waals surface area contributed by atoms with Crippen molar-refractivity contribution in [3.8, 4) is 6.07 Å². The fourth-order valence-electron chi connectivity index (χ4n) is 1.21. The standard InChI is InChI=1S/C10H16F3N3O/c1-7(2)15-9(17)6-16(3)5-8(4-14)10(11,12)13/h7-8H,5-6H2,1-3H3,(H,15,17). The number of carbonyl (C=O) groups is 1. The average Bonchev–Trinajstić information content (AvgIpc) is 2.10. The van der Waals surface area contributed by atoms with Crippen LogP contribution in [0.15, 0.2) is 0 Å². The zero-order valence-electron chi connectivity index (χ0n) is 10.0. The quantitative estimate of drug-likeness (QED) is 0.797. The zero-order valence-corrected chi connectivity index (χ0v) is 10.0. The first-order valence-corrected chi connectivity index (χ1v) is 5.11. The van der Waals surface area contributed by atoms with Crippen molar-refractivity contribution in [3.63, 3.8) is 0 Å². The van der Waals surface area contributed by atoms with Crippen molar-refractivity contribution in [3.05, 3.63) is 0 Å². The lowest BCUT2D eigenvalue weighted by Gasteiger charge is -2.21. The lowest BCUT2D eigenvalue weighted by molar-refractivity contribution is -0.163. The van der Waals surface area contributed by atoms with Gasteiger partial charge in [-0.25, -0.2) is 0 Å². The number of amides is 1. The Morgan fingerprint density at radius 3 is 2.35 bits per heavy atom. The molecule has 0 aliphatic carbocycles. The van der Waals surface area contributed by atoms with Crippen LogP contribution in [0.25, 0.3) is 0 Å². The number of hydrogen-bond donors (Lipinski definition) is 1. The molecule has 0 radical (unpaired) electrons. The summed E-state index contributed by atoms with van der Waals surface area (Å²) in [4.78, 5) is 12.4. The van der Waals surface area contributed by atoms with Crippen LogP contribution >= 0.6 is 0 Å². The van der Waals surface area contributed by atoms with Crippen LogP contribution in [0.2, 0.25) is 0 Å². The number of hydrogen-bond acceptors (Lipinski definition) is 3. The maximum absolute atomic E-state index is 12.3. The SMILES string of the molecule is CC(C)NC(=O)CN(C)CC(C#N)C(F)(F)F. The first-order chi connectivity index (χ1) is 7.66. The third kappa shape index (κ3) is 6.79. The number of nitriles is 1. The van der Waals surface area contributed by atoms with Gasteiger partial charge in [0.2, 0.25) is 5.91 Å². The summed E-state index contributed by atoms with van der Waals surface area (Å²) < 4.78 is 36.8. The minimum atomic E-state index is -4.56. The van der Waals surface area contributed by atoms with E-state index in [2.05, 4.69) is 5.32 Å². The molecule has 0 heterocycles. The molecule has 0 aromatic rings. The molecule has 0 aromatic heterocycles. The molecular weight excluding hydrogens is 235 g/mol. The van der Waals surface area contributed by atoms with E-state index in [1.165, 1.54) is 18.0 Å². The lowest BCUT2D eigenvalue weighted by atomic mass is 10.1. The molecule has 0 aromatic carbocycles. The third-order valence-electron chi connectivity index (χ3n) is 1.91. The first-order valence-electron chi connectivity index (χ1n) is 5.11. The van der Waals surface area contributed by atoms with Gasteiger partial charge in [0.25, 0.3) is 0 Å². The van der Waals surface area contributed by atoms with E-state index in [9.17, 15) is 18.0 Å². The highest BCUT2D eigenvalue weighted by Gasteiger charge is 2.40. The van der Waals surface area contributed by atoms with Crippen molar-refractivity contribution in [2.45, 2.75) is 26.1 Å². The normalized spacial score (nSPS) is 13.6. The van der Waals surface area contributed by atoms with Crippen LogP contribution in [0.4, 0.5) is 13.2 Å². The number of carbonyl (C=O) groups excluding carboxylic acids is 1. The maximum Gasteiger partial charge on any atom is 0.405 e. The number of nitrogens with zero attached hydrogens (tertiary/aromatic N) is 2. The van der Waals surface area contributed by atoms with E-state index in [4.69, 9.17) is 5.26 Å². The Kier molecular flexibility index (Phi) is 5.96. The van der Waals surface area contributed by atoms with Gasteiger partial charge in [-0.15, -0.1) is 0 Å². The Morgan fingerprint density at radius 2 is 2.00 bits per heavy atom. The summed E-state index contributed by atoms with van der Waals surface area (Å²) >= 11 is 0. The molecule has 0 saturated carbocycles. The highest BCUT2D eigenvalue weighted by Crippen LogP contribution is 2.25. The van der Waals surface area contributed by atoms with Crippen LogP contribution < -0.4 is 5.32 Å². The predicted molar refractivity (Wildman–Crippen MR) is 55.9 cm³/mol. The number of alkyl halides is 3. The fourth-order valence-corrected chi connectivity index (χ4v) is 1.21. The van der Waals surface area contributed by atoms with Crippen LogP contribution in [0.1, 0.15) is 13.8 Å². The summed E-state index contributed by atoms with van der Waals surface area (Å²) in [7, 11) is 1.37. The monoisotopic (exact) mass is 251 g/mol. The van der Waals surface area contributed by atoms with Gasteiger partial charge in [-0.1, -0.05) is 0 Å². The summed E-state index contributed by atoms with van der Waals surface area (Å²) in [5, 5.41) is 11.0. The van der Waals surface area contributed by atoms with E-state index in [1.54, 1.807) is 13.8 Å². The third-order valence-corrected chi connectivity index (χ3v) is 1.91. The largest absolute Gasteiger partial charge is 0.405 e. The topological polar surface area (TPSA) is 56.1 Å². The number of nitrogens with one attached hydrogen (secondary N) is 1. The number of halogens is 3. The summed E-state index contributed by atoms with van der Waals surface area (Å²) in [6, 6.07) is 1.12. The zero-order chi connectivity index (χ0) is 13.6. The molecule has 1 amide bonds. The molecule has 0 fully saturated rings. The molecule has 0 rings (SSSR count). The average molecular weight is 251 g/mol. The van der Waals surface area contributed by atoms with Gasteiger partial charge in [-0.05, 0) is 20.9 Å². The van der Waals surface area contributed by atoms with E-state index in [0.717, 1.165) is 0 Å². The van der Waals surface area contributed by atoms with Crippen molar-refractivity contribution in [2.75, 3.05) is 20.1 Å². The van der Waals surface area contributed by atoms with Crippen molar-refractivity contribution in [1.82, 2.24) is 10.2 Å². The van der Waals surface area contributed by atoms with Gasteiger partial charge in [0, 0.05) is 12.6 Å². The smallest absolute Gasteiger partial charge is 0.353 e. The van der Waals surface area contributed by atoms with Gasteiger partial charge in [-0.3, -0.25) is 9.69 Å². The summed E-state index contributed by atoms with van der Waals surface area (Å²) in [5.74, 6) is -2.43. The Bertz CT molecular complexity index is 296. The maximum atomic E-state index is 12.3. The molecule has 1 N–H and O–H groups in total. The van der Waals surface area contributed by atoms with Crippen molar-refractivity contribution in [2.24, 2.45) is 5.92 Å². The molecule has 0 bridgehead atoms. The number of rotatable bonds is 5. The second kappa shape index (κ2) is 6.45. The molecule has 0 aliphatic heterocycles. The van der Waals surface area contributed by atoms with Gasteiger partial charge < -0.3 is 5.32 Å². The second-order valence-corrected chi connectivity index (χ2v) is 4.14. The van der Waals surface area contributed by atoms with Gasteiger partial charge in [-0.2, -0.15) is 18.4 Å². The molecule has 1 unspecified atom stereocenters. The second-order valence-electron chi connectivity index (χ2n) is 4.14. The molecule has 0 aliphatic rings. The minimum Gasteiger partial charge on any atom is -0.353 e. The Balaban J connectivity index is 4.22. The van der Waals surface area contributed by atoms with Gasteiger partial charge >= 0.3 is 6.18 Å². The Labute approximate surface area is 98.4 Å². The van der Waals surface area contributed by atoms with Crippen molar-refractivity contribution in [1.29, 1.82) is 5.26 Å². The molecule has 0 spiro atoms. The Hall–Kier alpha value is -1.29. The van der Waals surface area contributed by atoms with Crippen molar-refractivity contribution >= 4 is 5.91 Å². The highest BCUT2D eigenvalue weighted by molar-refractivity contribution is 5.78. The lowest BCUT2D eigenvalue weighted by Crippen LogP contribution is -2.42. The molecule has 17 heavy (non-hydrogen) atoms. The van der Waals surface area contributed by atoms with E-state index >= 15 is 0 Å².